The van der Waals surface area contributed by atoms with Gasteiger partial charge < -0.3 is 9.47 Å². The second-order valence-corrected chi connectivity index (χ2v) is 8.59. The predicted octanol–water partition coefficient (Wildman–Crippen LogP) is 4.55. The van der Waals surface area contributed by atoms with Gasteiger partial charge in [-0.25, -0.2) is 8.42 Å². The van der Waals surface area contributed by atoms with Crippen LogP contribution in [0.5, 0.6) is 11.5 Å². The highest BCUT2D eigenvalue weighted by molar-refractivity contribution is 7.92. The van der Waals surface area contributed by atoms with Gasteiger partial charge in [0.25, 0.3) is 0 Å². The zero-order chi connectivity index (χ0) is 20.4. The van der Waals surface area contributed by atoms with Gasteiger partial charge in [-0.05, 0) is 46.5 Å². The maximum absolute atomic E-state index is 11.6. The summed E-state index contributed by atoms with van der Waals surface area (Å²) in [6, 6.07) is 21.2. The van der Waals surface area contributed by atoms with Crippen LogP contribution < -0.4 is 14.2 Å². The first-order valence-electron chi connectivity index (χ1n) is 9.12. The van der Waals surface area contributed by atoms with Crippen LogP contribution in [0.15, 0.2) is 66.7 Å². The van der Waals surface area contributed by atoms with Gasteiger partial charge in [-0.15, -0.1) is 0 Å². The number of methoxy groups -OCH3 is 1. The van der Waals surface area contributed by atoms with Crippen LogP contribution in [0.4, 0.5) is 5.69 Å². The first-order valence-corrected chi connectivity index (χ1v) is 11.0. The van der Waals surface area contributed by atoms with E-state index < -0.39 is 10.0 Å². The number of anilines is 1. The molecule has 1 aliphatic heterocycles. The zero-order valence-electron chi connectivity index (χ0n) is 16.2. The number of fused-ring (bicyclic) bond motifs is 2. The van der Waals surface area contributed by atoms with E-state index in [4.69, 9.17) is 9.47 Å². The molecule has 0 amide bonds. The molecule has 1 heterocycles. The quantitative estimate of drug-likeness (QED) is 0.689. The van der Waals surface area contributed by atoms with Crippen LogP contribution in [0.1, 0.15) is 22.3 Å². The lowest BCUT2D eigenvalue weighted by Crippen LogP contribution is -2.09. The minimum atomic E-state index is -3.35. The van der Waals surface area contributed by atoms with Gasteiger partial charge in [0.15, 0.2) is 11.5 Å². The van der Waals surface area contributed by atoms with Gasteiger partial charge in [-0.1, -0.05) is 48.5 Å². The van der Waals surface area contributed by atoms with Crippen LogP contribution in [0.3, 0.4) is 0 Å². The Morgan fingerprint density at radius 1 is 1.00 bits per heavy atom. The van der Waals surface area contributed by atoms with Crippen molar-refractivity contribution in [2.75, 3.05) is 18.1 Å². The van der Waals surface area contributed by atoms with E-state index in [1.54, 1.807) is 13.2 Å². The van der Waals surface area contributed by atoms with E-state index in [1.165, 1.54) is 0 Å². The molecule has 0 aliphatic carbocycles. The highest BCUT2D eigenvalue weighted by Crippen LogP contribution is 2.42. The van der Waals surface area contributed by atoms with Crippen molar-refractivity contribution in [3.05, 3.63) is 89.0 Å². The summed E-state index contributed by atoms with van der Waals surface area (Å²) in [5, 5.41) is 0. The number of hydrogen-bond acceptors (Lipinski definition) is 4. The molecule has 29 heavy (non-hydrogen) atoms. The van der Waals surface area contributed by atoms with Crippen LogP contribution in [0, 0.1) is 0 Å². The Hall–Kier alpha value is -3.25. The molecule has 1 aliphatic rings. The number of hydrogen-bond donors (Lipinski definition) is 1. The molecule has 3 aromatic rings. The van der Waals surface area contributed by atoms with E-state index in [2.05, 4.69) is 10.8 Å². The molecule has 5 nitrogen and oxygen atoms in total. The molecule has 0 saturated carbocycles. The fraction of sp³-hybridized carbons (Fsp3) is 0.130. The van der Waals surface area contributed by atoms with E-state index in [0.29, 0.717) is 23.8 Å². The molecule has 0 aromatic heterocycles. The molecule has 0 spiro atoms. The Morgan fingerprint density at radius 2 is 1.76 bits per heavy atom. The van der Waals surface area contributed by atoms with E-state index in [1.807, 2.05) is 60.7 Å². The molecule has 0 radical (unpaired) electrons. The first-order chi connectivity index (χ1) is 13.9. The Balaban J connectivity index is 1.90. The van der Waals surface area contributed by atoms with Crippen LogP contribution >= 0.6 is 0 Å². The van der Waals surface area contributed by atoms with Crippen molar-refractivity contribution in [1.82, 2.24) is 0 Å². The van der Waals surface area contributed by atoms with Crippen molar-refractivity contribution in [2.24, 2.45) is 0 Å². The molecule has 1 N–H and O–H groups in total. The summed E-state index contributed by atoms with van der Waals surface area (Å²) in [6.07, 6.45) is 3.18. The van der Waals surface area contributed by atoms with Gasteiger partial charge in [-0.3, -0.25) is 4.72 Å². The van der Waals surface area contributed by atoms with Crippen molar-refractivity contribution in [3.8, 4) is 11.5 Å². The summed E-state index contributed by atoms with van der Waals surface area (Å²) in [4.78, 5) is 0. The van der Waals surface area contributed by atoms with E-state index in [-0.39, 0.29) is 0 Å². The summed E-state index contributed by atoms with van der Waals surface area (Å²) in [5.74, 6) is 1.37. The van der Waals surface area contributed by atoms with Crippen molar-refractivity contribution < 1.29 is 17.9 Å². The van der Waals surface area contributed by atoms with E-state index >= 15 is 0 Å². The highest BCUT2D eigenvalue weighted by Gasteiger charge is 2.21. The van der Waals surface area contributed by atoms with Gasteiger partial charge >= 0.3 is 0 Å². The van der Waals surface area contributed by atoms with Crippen molar-refractivity contribution in [2.45, 2.75) is 6.61 Å². The van der Waals surface area contributed by atoms with Crippen LogP contribution in [0.25, 0.3) is 11.6 Å². The predicted molar refractivity (Wildman–Crippen MR) is 116 cm³/mol. The number of benzene rings is 3. The summed E-state index contributed by atoms with van der Waals surface area (Å²) < 4.78 is 37.3. The SMILES string of the molecule is COc1cccc2c1OCc1ccccc1/C2=C/c1cccc(NS(C)(=O)=O)c1. The number of para-hydroxylation sites is 1. The van der Waals surface area contributed by atoms with Gasteiger partial charge in [0.2, 0.25) is 10.0 Å². The average molecular weight is 407 g/mol. The average Bonchev–Trinajstić information content (AvgIpc) is 2.84. The second kappa shape index (κ2) is 7.64. The topological polar surface area (TPSA) is 64.6 Å². The first kappa shape index (κ1) is 19.1. The molecule has 0 fully saturated rings. The van der Waals surface area contributed by atoms with E-state index in [0.717, 1.165) is 34.1 Å². The molecule has 148 valence electrons. The lowest BCUT2D eigenvalue weighted by molar-refractivity contribution is 0.285. The summed E-state index contributed by atoms with van der Waals surface area (Å²) in [6.45, 7) is 0.441. The lowest BCUT2D eigenvalue weighted by Gasteiger charge is -2.13. The normalized spacial score (nSPS) is 14.3. The third kappa shape index (κ3) is 4.12. The maximum atomic E-state index is 11.6. The second-order valence-electron chi connectivity index (χ2n) is 6.84. The number of rotatable bonds is 4. The third-order valence-corrected chi connectivity index (χ3v) is 5.28. The van der Waals surface area contributed by atoms with Crippen LogP contribution in [0.2, 0.25) is 0 Å². The number of nitrogens with one attached hydrogen (secondary N) is 1. The molecule has 0 saturated heterocycles. The summed E-state index contributed by atoms with van der Waals surface area (Å²) in [7, 11) is -1.72. The Bertz CT molecular complexity index is 1200. The standard InChI is InChI=1S/C23H21NO4S/c1-27-22-12-6-11-20-21(19-10-4-3-8-17(19)15-28-23(20)22)14-16-7-5-9-18(13-16)24-29(2,25)26/h3-14,24H,15H2,1-2H3/b21-14-. The highest BCUT2D eigenvalue weighted by atomic mass is 32.2. The van der Waals surface area contributed by atoms with Crippen LogP contribution in [-0.4, -0.2) is 21.8 Å². The molecule has 0 atom stereocenters. The minimum absolute atomic E-state index is 0.441. The monoisotopic (exact) mass is 407 g/mol. The Labute approximate surface area is 170 Å². The Kier molecular flexibility index (Phi) is 5.03. The van der Waals surface area contributed by atoms with Gasteiger partial charge in [0, 0.05) is 11.3 Å². The van der Waals surface area contributed by atoms with E-state index in [9.17, 15) is 8.42 Å². The molecule has 4 rings (SSSR count). The van der Waals surface area contributed by atoms with Crippen molar-refractivity contribution in [1.29, 1.82) is 0 Å². The van der Waals surface area contributed by atoms with Crippen LogP contribution in [-0.2, 0) is 16.6 Å². The summed E-state index contributed by atoms with van der Waals surface area (Å²) in [5.41, 5.74) is 5.45. The van der Waals surface area contributed by atoms with Gasteiger partial charge in [-0.2, -0.15) is 0 Å². The minimum Gasteiger partial charge on any atom is -0.493 e. The molecule has 6 heteroatoms. The molecular weight excluding hydrogens is 386 g/mol. The molecular formula is C23H21NO4S. The summed E-state index contributed by atoms with van der Waals surface area (Å²) >= 11 is 0. The fourth-order valence-electron chi connectivity index (χ4n) is 3.47. The number of ether oxygens (including phenoxy) is 2. The molecule has 0 bridgehead atoms. The molecule has 3 aromatic carbocycles. The van der Waals surface area contributed by atoms with Crippen molar-refractivity contribution >= 4 is 27.4 Å². The Morgan fingerprint density at radius 3 is 2.55 bits per heavy atom. The maximum Gasteiger partial charge on any atom is 0.229 e. The fourth-order valence-corrected chi connectivity index (χ4v) is 4.02. The van der Waals surface area contributed by atoms with Gasteiger partial charge in [0.1, 0.15) is 6.61 Å². The largest absolute Gasteiger partial charge is 0.493 e. The van der Waals surface area contributed by atoms with Gasteiger partial charge in [0.05, 0.1) is 13.4 Å². The lowest BCUT2D eigenvalue weighted by atomic mass is 9.92. The zero-order valence-corrected chi connectivity index (χ0v) is 17.0. The smallest absolute Gasteiger partial charge is 0.229 e. The van der Waals surface area contributed by atoms with Crippen molar-refractivity contribution in [3.63, 3.8) is 0 Å². The third-order valence-electron chi connectivity index (χ3n) is 4.67. The number of sulfonamides is 1. The molecule has 0 unspecified atom stereocenters.